The van der Waals surface area contributed by atoms with Crippen molar-refractivity contribution in [1.29, 1.82) is 0 Å². The number of rotatable bonds is 8. The Labute approximate surface area is 102 Å². The van der Waals surface area contributed by atoms with Crippen LogP contribution in [0.3, 0.4) is 0 Å². The maximum atomic E-state index is 11.2. The Kier molecular flexibility index (Phi) is 6.82. The van der Waals surface area contributed by atoms with Crippen LogP contribution in [0.25, 0.3) is 0 Å². The zero-order valence-electron chi connectivity index (χ0n) is 10.1. The molecule has 0 radical (unpaired) electrons. The predicted molar refractivity (Wildman–Crippen MR) is 66.1 cm³/mol. The molecule has 94 valence electrons. The van der Waals surface area contributed by atoms with Gasteiger partial charge in [-0.3, -0.25) is 4.79 Å². The fourth-order valence-corrected chi connectivity index (χ4v) is 1.27. The molecule has 1 aromatic rings. The Hall–Kier alpha value is -1.55. The first-order valence-corrected chi connectivity index (χ1v) is 5.87. The molecule has 0 aliphatic rings. The van der Waals surface area contributed by atoms with E-state index in [1.807, 2.05) is 37.3 Å². The SMILES string of the molecule is CCNCCC(=O)OCCOc1ccccc1. The summed E-state index contributed by atoms with van der Waals surface area (Å²) in [4.78, 5) is 11.2. The van der Waals surface area contributed by atoms with Gasteiger partial charge in [0.1, 0.15) is 19.0 Å². The monoisotopic (exact) mass is 237 g/mol. The van der Waals surface area contributed by atoms with Crippen molar-refractivity contribution in [2.24, 2.45) is 0 Å². The first-order valence-electron chi connectivity index (χ1n) is 5.87. The summed E-state index contributed by atoms with van der Waals surface area (Å²) in [5.41, 5.74) is 0. The van der Waals surface area contributed by atoms with E-state index in [1.165, 1.54) is 0 Å². The molecule has 0 spiro atoms. The number of ether oxygens (including phenoxy) is 2. The highest BCUT2D eigenvalue weighted by molar-refractivity contribution is 5.69. The van der Waals surface area contributed by atoms with Crippen LogP contribution in [0.4, 0.5) is 0 Å². The van der Waals surface area contributed by atoms with Gasteiger partial charge in [-0.2, -0.15) is 0 Å². The van der Waals surface area contributed by atoms with Gasteiger partial charge in [0.2, 0.25) is 0 Å². The lowest BCUT2D eigenvalue weighted by Gasteiger charge is -2.07. The summed E-state index contributed by atoms with van der Waals surface area (Å²) in [7, 11) is 0. The van der Waals surface area contributed by atoms with Crippen molar-refractivity contribution in [1.82, 2.24) is 5.32 Å². The van der Waals surface area contributed by atoms with Crippen LogP contribution in [0.1, 0.15) is 13.3 Å². The van der Waals surface area contributed by atoms with Crippen LogP contribution in [-0.4, -0.2) is 32.3 Å². The maximum absolute atomic E-state index is 11.2. The van der Waals surface area contributed by atoms with Crippen molar-refractivity contribution < 1.29 is 14.3 Å². The van der Waals surface area contributed by atoms with E-state index in [9.17, 15) is 4.79 Å². The quantitative estimate of drug-likeness (QED) is 0.551. The number of benzene rings is 1. The molecule has 0 saturated heterocycles. The number of carbonyl (C=O) groups excluding carboxylic acids is 1. The van der Waals surface area contributed by atoms with Crippen molar-refractivity contribution in [3.05, 3.63) is 30.3 Å². The minimum Gasteiger partial charge on any atom is -0.490 e. The zero-order chi connectivity index (χ0) is 12.3. The van der Waals surface area contributed by atoms with E-state index in [2.05, 4.69) is 5.32 Å². The van der Waals surface area contributed by atoms with Gasteiger partial charge in [-0.05, 0) is 18.7 Å². The van der Waals surface area contributed by atoms with E-state index in [4.69, 9.17) is 9.47 Å². The van der Waals surface area contributed by atoms with Crippen LogP contribution in [-0.2, 0) is 9.53 Å². The molecule has 0 saturated carbocycles. The van der Waals surface area contributed by atoms with Gasteiger partial charge in [-0.25, -0.2) is 0 Å². The molecule has 4 nitrogen and oxygen atoms in total. The lowest BCUT2D eigenvalue weighted by molar-refractivity contribution is -0.144. The fraction of sp³-hybridized carbons (Fsp3) is 0.462. The highest BCUT2D eigenvalue weighted by Crippen LogP contribution is 2.07. The number of carbonyl (C=O) groups is 1. The Morgan fingerprint density at radius 1 is 1.24 bits per heavy atom. The molecule has 1 N–H and O–H groups in total. The summed E-state index contributed by atoms with van der Waals surface area (Å²) < 4.78 is 10.4. The van der Waals surface area contributed by atoms with Crippen LogP contribution in [0, 0.1) is 0 Å². The molecule has 0 aromatic heterocycles. The number of hydrogen-bond acceptors (Lipinski definition) is 4. The average molecular weight is 237 g/mol. The maximum Gasteiger partial charge on any atom is 0.307 e. The van der Waals surface area contributed by atoms with Crippen molar-refractivity contribution >= 4 is 5.97 Å². The van der Waals surface area contributed by atoms with Crippen molar-refractivity contribution in [3.8, 4) is 5.75 Å². The Morgan fingerprint density at radius 3 is 2.71 bits per heavy atom. The molecule has 0 aliphatic carbocycles. The number of para-hydroxylation sites is 1. The van der Waals surface area contributed by atoms with Crippen molar-refractivity contribution in [2.75, 3.05) is 26.3 Å². The molecule has 0 heterocycles. The first-order chi connectivity index (χ1) is 8.33. The lowest BCUT2D eigenvalue weighted by atomic mass is 10.3. The van der Waals surface area contributed by atoms with Gasteiger partial charge >= 0.3 is 5.97 Å². The van der Waals surface area contributed by atoms with Gasteiger partial charge < -0.3 is 14.8 Å². The summed E-state index contributed by atoms with van der Waals surface area (Å²) >= 11 is 0. The molecule has 0 aliphatic heterocycles. The van der Waals surface area contributed by atoms with E-state index in [0.29, 0.717) is 26.2 Å². The molecular formula is C13H19NO3. The molecular weight excluding hydrogens is 218 g/mol. The predicted octanol–water partition coefficient (Wildman–Crippen LogP) is 1.61. The summed E-state index contributed by atoms with van der Waals surface area (Å²) in [5.74, 6) is 0.596. The average Bonchev–Trinajstić information content (AvgIpc) is 2.36. The minimum atomic E-state index is -0.192. The molecule has 0 bridgehead atoms. The molecule has 1 aromatic carbocycles. The van der Waals surface area contributed by atoms with E-state index in [1.54, 1.807) is 0 Å². The summed E-state index contributed by atoms with van der Waals surface area (Å²) in [6.07, 6.45) is 0.402. The fourth-order valence-electron chi connectivity index (χ4n) is 1.27. The summed E-state index contributed by atoms with van der Waals surface area (Å²) in [6.45, 7) is 4.20. The third kappa shape index (κ3) is 6.58. The third-order valence-electron chi connectivity index (χ3n) is 2.11. The second kappa shape index (κ2) is 8.58. The smallest absolute Gasteiger partial charge is 0.307 e. The third-order valence-corrected chi connectivity index (χ3v) is 2.11. The summed E-state index contributed by atoms with van der Waals surface area (Å²) in [5, 5.41) is 3.06. The number of nitrogens with one attached hydrogen (secondary N) is 1. The normalized spacial score (nSPS) is 9.94. The van der Waals surface area contributed by atoms with Crippen LogP contribution < -0.4 is 10.1 Å². The highest BCUT2D eigenvalue weighted by Gasteiger charge is 2.01. The van der Waals surface area contributed by atoms with E-state index < -0.39 is 0 Å². The van der Waals surface area contributed by atoms with Crippen molar-refractivity contribution in [2.45, 2.75) is 13.3 Å². The molecule has 0 amide bonds. The topological polar surface area (TPSA) is 47.6 Å². The largest absolute Gasteiger partial charge is 0.490 e. The minimum absolute atomic E-state index is 0.192. The van der Waals surface area contributed by atoms with E-state index >= 15 is 0 Å². The van der Waals surface area contributed by atoms with Gasteiger partial charge in [0, 0.05) is 6.54 Å². The Bertz CT molecular complexity index is 314. The lowest BCUT2D eigenvalue weighted by Crippen LogP contribution is -2.20. The van der Waals surface area contributed by atoms with Crippen molar-refractivity contribution in [3.63, 3.8) is 0 Å². The van der Waals surface area contributed by atoms with Gasteiger partial charge in [-0.15, -0.1) is 0 Å². The Morgan fingerprint density at radius 2 is 2.00 bits per heavy atom. The van der Waals surface area contributed by atoms with Crippen LogP contribution in [0.15, 0.2) is 30.3 Å². The molecule has 0 atom stereocenters. The van der Waals surface area contributed by atoms with Gasteiger partial charge in [-0.1, -0.05) is 25.1 Å². The molecule has 0 unspecified atom stereocenters. The van der Waals surface area contributed by atoms with Gasteiger partial charge in [0.15, 0.2) is 0 Å². The number of hydrogen-bond donors (Lipinski definition) is 1. The van der Waals surface area contributed by atoms with Crippen LogP contribution >= 0.6 is 0 Å². The standard InChI is InChI=1S/C13H19NO3/c1-2-14-9-8-13(15)17-11-10-16-12-6-4-3-5-7-12/h3-7,14H,2,8-11H2,1H3. The molecule has 17 heavy (non-hydrogen) atoms. The second-order valence-corrected chi connectivity index (χ2v) is 3.49. The molecule has 1 rings (SSSR count). The molecule has 0 fully saturated rings. The number of esters is 1. The zero-order valence-corrected chi connectivity index (χ0v) is 10.1. The highest BCUT2D eigenvalue weighted by atomic mass is 16.6. The van der Waals surface area contributed by atoms with E-state index in [-0.39, 0.29) is 5.97 Å². The van der Waals surface area contributed by atoms with Crippen LogP contribution in [0.5, 0.6) is 5.75 Å². The van der Waals surface area contributed by atoms with Crippen LogP contribution in [0.2, 0.25) is 0 Å². The molecule has 4 heteroatoms. The van der Waals surface area contributed by atoms with E-state index in [0.717, 1.165) is 12.3 Å². The van der Waals surface area contributed by atoms with Gasteiger partial charge in [0.25, 0.3) is 0 Å². The first kappa shape index (κ1) is 13.5. The Balaban J connectivity index is 2.02. The summed E-state index contributed by atoms with van der Waals surface area (Å²) in [6, 6.07) is 9.46. The second-order valence-electron chi connectivity index (χ2n) is 3.49. The van der Waals surface area contributed by atoms with Gasteiger partial charge in [0.05, 0.1) is 6.42 Å².